The quantitative estimate of drug-likeness (QED) is 0.825. The van der Waals surface area contributed by atoms with Crippen LogP contribution < -0.4 is 15.8 Å². The van der Waals surface area contributed by atoms with Gasteiger partial charge in [0.2, 0.25) is 5.89 Å². The molecule has 0 aliphatic rings. The molecule has 6 heteroatoms. The third kappa shape index (κ3) is 3.34. The molecule has 0 fully saturated rings. The maximum absolute atomic E-state index is 12.4. The Kier molecular flexibility index (Phi) is 4.47. The largest absolute Gasteiger partial charge is 0.491 e. The van der Waals surface area contributed by atoms with E-state index in [2.05, 4.69) is 10.3 Å². The second-order valence-electron chi connectivity index (χ2n) is 4.66. The molecule has 0 bridgehead atoms. The molecule has 6 nitrogen and oxygen atoms in total. The Bertz CT molecular complexity index is 637. The van der Waals surface area contributed by atoms with Gasteiger partial charge in [-0.25, -0.2) is 4.98 Å². The first-order valence-electron chi connectivity index (χ1n) is 6.77. The zero-order valence-electron chi connectivity index (χ0n) is 12.3. The average molecular weight is 289 g/mol. The molecular weight excluding hydrogens is 270 g/mol. The van der Waals surface area contributed by atoms with Crippen molar-refractivity contribution in [2.45, 2.75) is 26.8 Å². The Morgan fingerprint density at radius 1 is 1.52 bits per heavy atom. The Hall–Kier alpha value is -2.50. The number of oxazole rings is 1. The molecule has 1 atom stereocenters. The molecule has 0 saturated heterocycles. The van der Waals surface area contributed by atoms with Gasteiger partial charge in [0.1, 0.15) is 11.8 Å². The number of aromatic nitrogens is 1. The van der Waals surface area contributed by atoms with Gasteiger partial charge < -0.3 is 20.2 Å². The van der Waals surface area contributed by atoms with Gasteiger partial charge in [0, 0.05) is 0 Å². The molecule has 112 valence electrons. The highest BCUT2D eigenvalue weighted by molar-refractivity contribution is 5.98. The lowest BCUT2D eigenvalue weighted by Crippen LogP contribution is -2.27. The van der Waals surface area contributed by atoms with Crippen LogP contribution in [0.15, 0.2) is 28.8 Å². The second-order valence-corrected chi connectivity index (χ2v) is 4.66. The Morgan fingerprint density at radius 3 is 2.90 bits per heavy atom. The van der Waals surface area contributed by atoms with Gasteiger partial charge in [-0.2, -0.15) is 0 Å². The Morgan fingerprint density at radius 2 is 2.29 bits per heavy atom. The van der Waals surface area contributed by atoms with Gasteiger partial charge in [0.05, 0.1) is 24.1 Å². The highest BCUT2D eigenvalue weighted by Gasteiger charge is 2.19. The summed E-state index contributed by atoms with van der Waals surface area (Å²) in [6.45, 7) is 5.88. The van der Waals surface area contributed by atoms with Gasteiger partial charge in [-0.15, -0.1) is 0 Å². The van der Waals surface area contributed by atoms with E-state index in [0.29, 0.717) is 35.3 Å². The lowest BCUT2D eigenvalue weighted by molar-refractivity contribution is 0.0930. The van der Waals surface area contributed by atoms with Crippen LogP contribution in [0.1, 0.15) is 41.9 Å². The van der Waals surface area contributed by atoms with Crippen molar-refractivity contribution in [3.05, 3.63) is 41.6 Å². The van der Waals surface area contributed by atoms with Crippen LogP contribution in [0.25, 0.3) is 0 Å². The van der Waals surface area contributed by atoms with Crippen molar-refractivity contribution < 1.29 is 13.9 Å². The molecular formula is C15H19N3O3. The minimum atomic E-state index is -0.345. The third-order valence-corrected chi connectivity index (χ3v) is 2.94. The molecule has 1 unspecified atom stereocenters. The predicted octanol–water partition coefficient (Wildman–Crippen LogP) is 2.45. The summed E-state index contributed by atoms with van der Waals surface area (Å²) in [6, 6.07) is 4.74. The van der Waals surface area contributed by atoms with Crippen molar-refractivity contribution in [1.29, 1.82) is 0 Å². The number of aryl methyl sites for hydroxylation is 1. The normalized spacial score (nSPS) is 12.0. The number of carbonyl (C=O) groups is 1. The van der Waals surface area contributed by atoms with E-state index in [9.17, 15) is 4.79 Å². The molecule has 0 radical (unpaired) electrons. The number of nitrogens with zero attached hydrogens (tertiary/aromatic N) is 1. The number of rotatable bonds is 5. The van der Waals surface area contributed by atoms with Gasteiger partial charge in [0.15, 0.2) is 5.75 Å². The summed E-state index contributed by atoms with van der Waals surface area (Å²) in [7, 11) is 0. The zero-order valence-corrected chi connectivity index (χ0v) is 12.3. The number of ether oxygens (including phenoxy) is 1. The molecule has 21 heavy (non-hydrogen) atoms. The van der Waals surface area contributed by atoms with Gasteiger partial charge in [-0.1, -0.05) is 6.07 Å². The van der Waals surface area contributed by atoms with Gasteiger partial charge in [-0.3, -0.25) is 4.79 Å². The lowest BCUT2D eigenvalue weighted by Gasteiger charge is -2.14. The average Bonchev–Trinajstić information content (AvgIpc) is 2.88. The molecule has 1 aromatic carbocycles. The molecule has 0 saturated carbocycles. The van der Waals surface area contributed by atoms with Crippen molar-refractivity contribution in [2.24, 2.45) is 0 Å². The number of nitrogen functional groups attached to an aromatic ring is 1. The summed E-state index contributed by atoms with van der Waals surface area (Å²) in [4.78, 5) is 16.5. The Balaban J connectivity index is 2.18. The SMILES string of the molecule is CCOc1c(N)cccc1C(=O)NC(C)c1ncc(C)o1. The van der Waals surface area contributed by atoms with Crippen LogP contribution in [0.4, 0.5) is 5.69 Å². The fourth-order valence-corrected chi connectivity index (χ4v) is 1.95. The number of para-hydroxylation sites is 1. The summed E-state index contributed by atoms with van der Waals surface area (Å²) in [5, 5.41) is 2.82. The molecule has 0 spiro atoms. The minimum absolute atomic E-state index is 0.283. The molecule has 2 rings (SSSR count). The predicted molar refractivity (Wildman–Crippen MR) is 79.1 cm³/mol. The van der Waals surface area contributed by atoms with E-state index in [1.165, 1.54) is 0 Å². The highest BCUT2D eigenvalue weighted by atomic mass is 16.5. The zero-order chi connectivity index (χ0) is 15.4. The number of nitrogens with two attached hydrogens (primary N) is 1. The van der Waals surface area contributed by atoms with Crippen molar-refractivity contribution in [3.63, 3.8) is 0 Å². The standard InChI is InChI=1S/C15H19N3O3/c1-4-20-13-11(6-5-7-12(13)16)14(19)18-10(3)15-17-8-9(2)21-15/h5-8,10H,4,16H2,1-3H3,(H,18,19). The third-order valence-electron chi connectivity index (χ3n) is 2.94. The molecule has 1 amide bonds. The second kappa shape index (κ2) is 6.30. The van der Waals surface area contributed by atoms with E-state index < -0.39 is 0 Å². The summed E-state index contributed by atoms with van der Waals surface area (Å²) >= 11 is 0. The summed E-state index contributed by atoms with van der Waals surface area (Å²) < 4.78 is 10.9. The topological polar surface area (TPSA) is 90.4 Å². The number of hydrogen-bond acceptors (Lipinski definition) is 5. The first-order valence-corrected chi connectivity index (χ1v) is 6.77. The number of amides is 1. The summed E-state index contributed by atoms with van der Waals surface area (Å²) in [5.41, 5.74) is 6.68. The molecule has 1 heterocycles. The first-order chi connectivity index (χ1) is 10.0. The molecule has 0 aliphatic heterocycles. The van der Waals surface area contributed by atoms with E-state index in [-0.39, 0.29) is 11.9 Å². The number of hydrogen-bond donors (Lipinski definition) is 2. The molecule has 3 N–H and O–H groups in total. The van der Waals surface area contributed by atoms with Crippen LogP contribution in [-0.2, 0) is 0 Å². The molecule has 2 aromatic rings. The van der Waals surface area contributed by atoms with Crippen LogP contribution in [0, 0.1) is 6.92 Å². The van der Waals surface area contributed by atoms with Crippen LogP contribution in [-0.4, -0.2) is 17.5 Å². The van der Waals surface area contributed by atoms with Gasteiger partial charge in [-0.05, 0) is 32.9 Å². The van der Waals surface area contributed by atoms with Crippen LogP contribution in [0.2, 0.25) is 0 Å². The van der Waals surface area contributed by atoms with Gasteiger partial charge in [0.25, 0.3) is 5.91 Å². The fraction of sp³-hybridized carbons (Fsp3) is 0.333. The van der Waals surface area contributed by atoms with E-state index >= 15 is 0 Å². The maximum atomic E-state index is 12.4. The summed E-state index contributed by atoms with van der Waals surface area (Å²) in [5.74, 6) is 1.27. The smallest absolute Gasteiger partial charge is 0.255 e. The van der Waals surface area contributed by atoms with Crippen LogP contribution in [0.3, 0.4) is 0 Å². The number of benzene rings is 1. The van der Waals surface area contributed by atoms with E-state index in [0.717, 1.165) is 0 Å². The van der Waals surface area contributed by atoms with Gasteiger partial charge >= 0.3 is 0 Å². The Labute approximate surface area is 123 Å². The number of anilines is 1. The van der Waals surface area contributed by atoms with E-state index in [1.807, 2.05) is 6.92 Å². The molecule has 1 aromatic heterocycles. The highest BCUT2D eigenvalue weighted by Crippen LogP contribution is 2.27. The lowest BCUT2D eigenvalue weighted by atomic mass is 10.1. The van der Waals surface area contributed by atoms with Crippen LogP contribution in [0.5, 0.6) is 5.75 Å². The van der Waals surface area contributed by atoms with E-state index in [1.54, 1.807) is 38.2 Å². The maximum Gasteiger partial charge on any atom is 0.255 e. The van der Waals surface area contributed by atoms with E-state index in [4.69, 9.17) is 14.9 Å². The minimum Gasteiger partial charge on any atom is -0.491 e. The molecule has 0 aliphatic carbocycles. The van der Waals surface area contributed by atoms with Crippen molar-refractivity contribution in [2.75, 3.05) is 12.3 Å². The number of carbonyl (C=O) groups excluding carboxylic acids is 1. The monoisotopic (exact) mass is 289 g/mol. The van der Waals surface area contributed by atoms with Crippen molar-refractivity contribution in [3.8, 4) is 5.75 Å². The van der Waals surface area contributed by atoms with Crippen LogP contribution >= 0.6 is 0 Å². The summed E-state index contributed by atoms with van der Waals surface area (Å²) in [6.07, 6.45) is 1.62. The van der Waals surface area contributed by atoms with Crippen molar-refractivity contribution >= 4 is 11.6 Å². The number of nitrogens with one attached hydrogen (secondary N) is 1. The van der Waals surface area contributed by atoms with Crippen molar-refractivity contribution in [1.82, 2.24) is 10.3 Å². The first kappa shape index (κ1) is 14.9. The fourth-order valence-electron chi connectivity index (χ4n) is 1.95.